The molecule has 0 bridgehead atoms. The van der Waals surface area contributed by atoms with Crippen molar-refractivity contribution in [2.45, 2.75) is 4.90 Å². The van der Waals surface area contributed by atoms with Crippen molar-refractivity contribution in [3.63, 3.8) is 0 Å². The van der Waals surface area contributed by atoms with Gasteiger partial charge >= 0.3 is 0 Å². The Kier molecular flexibility index (Phi) is 6.50. The number of nitrogens with two attached hydrogens (primary N) is 2. The SMILES string of the molecule is C=Cc1cc(C#N)ccc1N(C=O)c1ccc(-c2c(N)c3c(c(N)c2S(=O)(=O)O)C(=O)c2ccccc2C3=O)cc1. The van der Waals surface area contributed by atoms with Crippen molar-refractivity contribution in [1.29, 1.82) is 5.26 Å². The van der Waals surface area contributed by atoms with E-state index in [9.17, 15) is 32.6 Å². The van der Waals surface area contributed by atoms with Crippen molar-refractivity contribution >= 4 is 56.9 Å². The highest BCUT2D eigenvalue weighted by Crippen LogP contribution is 2.45. The van der Waals surface area contributed by atoms with Crippen LogP contribution in [0.3, 0.4) is 0 Å². The van der Waals surface area contributed by atoms with E-state index in [0.29, 0.717) is 28.9 Å². The molecule has 11 heteroatoms. The van der Waals surface area contributed by atoms with Gasteiger partial charge in [0.1, 0.15) is 4.90 Å². The molecule has 0 radical (unpaired) electrons. The zero-order valence-corrected chi connectivity index (χ0v) is 22.0. The highest BCUT2D eigenvalue weighted by Gasteiger charge is 2.38. The maximum atomic E-state index is 13.4. The molecular weight excluding hydrogens is 544 g/mol. The lowest BCUT2D eigenvalue weighted by atomic mass is 9.80. The first-order valence-corrected chi connectivity index (χ1v) is 13.4. The number of rotatable bonds is 6. The summed E-state index contributed by atoms with van der Waals surface area (Å²) in [6, 6.07) is 18.5. The summed E-state index contributed by atoms with van der Waals surface area (Å²) in [4.78, 5) is 39.3. The zero-order chi connectivity index (χ0) is 29.6. The Hall–Kier alpha value is -5.57. The average Bonchev–Trinajstić information content (AvgIpc) is 2.97. The normalized spacial score (nSPS) is 12.2. The van der Waals surface area contributed by atoms with Gasteiger partial charge in [-0.25, -0.2) is 0 Å². The molecule has 5 rings (SSSR count). The number of hydrogen-bond donors (Lipinski definition) is 3. The molecular formula is C30H20N4O6S. The molecule has 4 aromatic carbocycles. The average molecular weight is 565 g/mol. The van der Waals surface area contributed by atoms with Crippen LogP contribution in [-0.4, -0.2) is 30.9 Å². The van der Waals surface area contributed by atoms with Gasteiger partial charge in [-0.15, -0.1) is 0 Å². The van der Waals surface area contributed by atoms with Gasteiger partial charge in [0.25, 0.3) is 10.1 Å². The van der Waals surface area contributed by atoms with Gasteiger partial charge in [0.15, 0.2) is 11.6 Å². The monoisotopic (exact) mass is 564 g/mol. The Morgan fingerprint density at radius 3 is 1.98 bits per heavy atom. The second kappa shape index (κ2) is 9.87. The maximum absolute atomic E-state index is 13.4. The standard InChI is InChI=1S/C30H20N4O6S/c1-2-17-13-16(14-31)7-12-22(17)34(15-35)19-10-8-18(9-11-19)23-26(32)24-25(27(33)30(23)41(38,39)40)29(37)21-6-4-3-5-20(21)28(24)36/h2-13,15H,1,32-33H2,(H,38,39,40). The van der Waals surface area contributed by atoms with Gasteiger partial charge < -0.3 is 11.5 Å². The molecule has 0 aliphatic heterocycles. The van der Waals surface area contributed by atoms with Crippen LogP contribution in [0.2, 0.25) is 0 Å². The first-order valence-electron chi connectivity index (χ1n) is 12.0. The Bertz CT molecular complexity index is 1980. The van der Waals surface area contributed by atoms with Crippen LogP contribution in [0.15, 0.2) is 78.2 Å². The predicted octanol–water partition coefficient (Wildman–Crippen LogP) is 4.35. The molecule has 1 aliphatic carbocycles. The highest BCUT2D eigenvalue weighted by molar-refractivity contribution is 7.86. The van der Waals surface area contributed by atoms with Gasteiger partial charge in [0, 0.05) is 22.4 Å². The van der Waals surface area contributed by atoms with E-state index in [2.05, 4.69) is 6.58 Å². The number of carbonyl (C=O) groups excluding carboxylic acids is 3. The third-order valence-corrected chi connectivity index (χ3v) is 7.77. The zero-order valence-electron chi connectivity index (χ0n) is 21.2. The summed E-state index contributed by atoms with van der Waals surface area (Å²) in [5, 5.41) is 9.19. The molecule has 1 amide bonds. The van der Waals surface area contributed by atoms with E-state index in [4.69, 9.17) is 11.5 Å². The van der Waals surface area contributed by atoms with Gasteiger partial charge in [0.05, 0.1) is 39.8 Å². The lowest BCUT2D eigenvalue weighted by Gasteiger charge is -2.25. The molecule has 0 fully saturated rings. The topological polar surface area (TPSA) is 185 Å². The first-order chi connectivity index (χ1) is 19.5. The van der Waals surface area contributed by atoms with Gasteiger partial charge in [-0.1, -0.05) is 49.1 Å². The van der Waals surface area contributed by atoms with Crippen LogP contribution in [0.1, 0.15) is 43.0 Å². The largest absolute Gasteiger partial charge is 0.398 e. The summed E-state index contributed by atoms with van der Waals surface area (Å²) in [5.74, 6) is -1.32. The van der Waals surface area contributed by atoms with Gasteiger partial charge in [-0.05, 0) is 41.5 Å². The van der Waals surface area contributed by atoms with Crippen molar-refractivity contribution in [3.8, 4) is 17.2 Å². The summed E-state index contributed by atoms with van der Waals surface area (Å²) in [7, 11) is -5.05. The number of benzene rings is 4. The highest BCUT2D eigenvalue weighted by atomic mass is 32.2. The molecule has 1 aliphatic rings. The molecule has 4 aromatic rings. The molecule has 0 saturated heterocycles. The van der Waals surface area contributed by atoms with E-state index < -0.39 is 37.8 Å². The van der Waals surface area contributed by atoms with Crippen molar-refractivity contribution < 1.29 is 27.4 Å². The van der Waals surface area contributed by atoms with Crippen LogP contribution in [0, 0.1) is 11.3 Å². The number of nitrogen functional groups attached to an aromatic ring is 2. The fourth-order valence-corrected chi connectivity index (χ4v) is 5.86. The first kappa shape index (κ1) is 27.0. The van der Waals surface area contributed by atoms with E-state index in [-0.39, 0.29) is 33.5 Å². The number of carbonyl (C=O) groups is 3. The Morgan fingerprint density at radius 2 is 1.46 bits per heavy atom. The van der Waals surface area contributed by atoms with E-state index in [1.165, 1.54) is 47.4 Å². The summed E-state index contributed by atoms with van der Waals surface area (Å²) in [5.41, 5.74) is 12.6. The van der Waals surface area contributed by atoms with E-state index in [0.717, 1.165) is 0 Å². The Balaban J connectivity index is 1.71. The molecule has 0 spiro atoms. The third-order valence-electron chi connectivity index (χ3n) is 6.83. The second-order valence-corrected chi connectivity index (χ2v) is 10.4. The maximum Gasteiger partial charge on any atom is 0.297 e. The van der Waals surface area contributed by atoms with Gasteiger partial charge in [-0.2, -0.15) is 13.7 Å². The molecule has 202 valence electrons. The van der Waals surface area contributed by atoms with E-state index in [1.807, 2.05) is 6.07 Å². The summed E-state index contributed by atoms with van der Waals surface area (Å²) in [6.07, 6.45) is 2.05. The quantitative estimate of drug-likeness (QED) is 0.153. The number of nitrogens with zero attached hydrogens (tertiary/aromatic N) is 2. The van der Waals surface area contributed by atoms with Crippen molar-refractivity contribution in [3.05, 3.63) is 107 Å². The van der Waals surface area contributed by atoms with Crippen LogP contribution in [0.25, 0.3) is 17.2 Å². The Morgan fingerprint density at radius 1 is 0.878 bits per heavy atom. The number of ketones is 2. The fraction of sp³-hybridized carbons (Fsp3) is 0. The molecule has 0 atom stereocenters. The van der Waals surface area contributed by atoms with Crippen LogP contribution in [-0.2, 0) is 14.9 Å². The van der Waals surface area contributed by atoms with Crippen LogP contribution in [0.5, 0.6) is 0 Å². The van der Waals surface area contributed by atoms with Crippen LogP contribution >= 0.6 is 0 Å². The van der Waals surface area contributed by atoms with Crippen LogP contribution < -0.4 is 16.4 Å². The van der Waals surface area contributed by atoms with Gasteiger partial charge in [0.2, 0.25) is 6.41 Å². The number of hydrogen-bond acceptors (Lipinski definition) is 8. The Labute approximate surface area is 234 Å². The van der Waals surface area contributed by atoms with Crippen LogP contribution in [0.4, 0.5) is 22.7 Å². The second-order valence-electron chi connectivity index (χ2n) is 9.07. The lowest BCUT2D eigenvalue weighted by molar-refractivity contribution is -0.106. The van der Waals surface area contributed by atoms with E-state index >= 15 is 0 Å². The van der Waals surface area contributed by atoms with Gasteiger partial charge in [-0.3, -0.25) is 23.8 Å². The van der Waals surface area contributed by atoms with Crippen molar-refractivity contribution in [1.82, 2.24) is 0 Å². The number of fused-ring (bicyclic) bond motifs is 2. The predicted molar refractivity (Wildman–Crippen MR) is 153 cm³/mol. The number of amides is 1. The minimum absolute atomic E-state index is 0.0325. The lowest BCUT2D eigenvalue weighted by Crippen LogP contribution is -2.26. The molecule has 10 nitrogen and oxygen atoms in total. The van der Waals surface area contributed by atoms with Crippen molar-refractivity contribution in [2.24, 2.45) is 0 Å². The summed E-state index contributed by atoms with van der Waals surface area (Å²) in [6.45, 7) is 3.73. The van der Waals surface area contributed by atoms with E-state index in [1.54, 1.807) is 30.3 Å². The minimum Gasteiger partial charge on any atom is -0.398 e. The smallest absolute Gasteiger partial charge is 0.297 e. The molecule has 0 heterocycles. The van der Waals surface area contributed by atoms with Crippen molar-refractivity contribution in [2.75, 3.05) is 16.4 Å². The fourth-order valence-electron chi connectivity index (χ4n) is 4.99. The minimum atomic E-state index is -5.05. The molecule has 0 unspecified atom stereocenters. The summed E-state index contributed by atoms with van der Waals surface area (Å²) < 4.78 is 35.3. The number of anilines is 4. The molecule has 0 saturated carbocycles. The summed E-state index contributed by atoms with van der Waals surface area (Å²) >= 11 is 0. The molecule has 0 aromatic heterocycles. The number of nitriles is 1. The molecule has 41 heavy (non-hydrogen) atoms. The third kappa shape index (κ3) is 4.24. The molecule has 5 N–H and O–H groups in total.